The average Bonchev–Trinajstić information content (AvgIpc) is 2.95. The van der Waals surface area contributed by atoms with Crippen molar-refractivity contribution in [2.24, 2.45) is 35.5 Å². The molecule has 122 valence electrons. The van der Waals surface area contributed by atoms with Gasteiger partial charge in [0.1, 0.15) is 0 Å². The van der Waals surface area contributed by atoms with Gasteiger partial charge in [-0.05, 0) is 87.9 Å². The predicted molar refractivity (Wildman–Crippen MR) is 89.1 cm³/mol. The quantitative estimate of drug-likeness (QED) is 0.632. The van der Waals surface area contributed by atoms with Crippen LogP contribution in [-0.4, -0.2) is 11.2 Å². The van der Waals surface area contributed by atoms with Gasteiger partial charge < -0.3 is 5.11 Å². The Hall–Kier alpha value is -0.0400. The van der Waals surface area contributed by atoms with Crippen LogP contribution in [0.4, 0.5) is 0 Å². The number of aliphatic hydroxyl groups is 1. The Morgan fingerprint density at radius 2 is 1.00 bits per heavy atom. The van der Waals surface area contributed by atoms with Gasteiger partial charge in [-0.25, -0.2) is 0 Å². The number of rotatable bonds is 0. The second-order valence-corrected chi connectivity index (χ2v) is 8.64. The van der Waals surface area contributed by atoms with E-state index < -0.39 is 0 Å². The Morgan fingerprint density at radius 1 is 0.571 bits per heavy atom. The second-order valence-electron chi connectivity index (χ2n) is 8.64. The molecule has 4 fully saturated rings. The molecular formula is C20H36O. The van der Waals surface area contributed by atoms with Gasteiger partial charge in [-0.15, -0.1) is 0 Å². The van der Waals surface area contributed by atoms with E-state index in [1.165, 1.54) is 23.7 Å². The second kappa shape index (κ2) is 7.02. The lowest BCUT2D eigenvalue weighted by molar-refractivity contribution is -0.0184. The molecule has 4 saturated carbocycles. The first kappa shape index (κ1) is 15.8. The minimum atomic E-state index is -0.167. The van der Waals surface area contributed by atoms with E-state index in [0.717, 1.165) is 11.8 Å². The van der Waals surface area contributed by atoms with Crippen molar-refractivity contribution in [3.8, 4) is 0 Å². The van der Waals surface area contributed by atoms with Gasteiger partial charge in [0, 0.05) is 6.10 Å². The number of fused-ring (bicyclic) bond motifs is 5. The molecule has 21 heavy (non-hydrogen) atoms. The monoisotopic (exact) mass is 292 g/mol. The lowest BCUT2D eigenvalue weighted by atomic mass is 9.54. The van der Waals surface area contributed by atoms with Crippen LogP contribution in [0, 0.1) is 35.5 Å². The molecule has 0 aromatic carbocycles. The molecule has 5 unspecified atom stereocenters. The molecule has 0 saturated heterocycles. The summed E-state index contributed by atoms with van der Waals surface area (Å²) in [4.78, 5) is 0. The van der Waals surface area contributed by atoms with Crippen molar-refractivity contribution in [2.45, 2.75) is 90.6 Å². The molecule has 0 amide bonds. The van der Waals surface area contributed by atoms with Gasteiger partial charge >= 0.3 is 0 Å². The summed E-state index contributed by atoms with van der Waals surface area (Å²) in [6, 6.07) is 0. The minimum Gasteiger partial charge on any atom is -0.394 e. The molecule has 1 N–H and O–H groups in total. The first-order chi connectivity index (χ1) is 10.2. The lowest BCUT2D eigenvalue weighted by Gasteiger charge is -2.51. The van der Waals surface area contributed by atoms with E-state index in [1.54, 1.807) is 84.5 Å². The fourth-order valence-corrected chi connectivity index (χ4v) is 6.45. The third-order valence-corrected chi connectivity index (χ3v) is 7.08. The highest BCUT2D eigenvalue weighted by molar-refractivity contribution is 4.98. The lowest BCUT2D eigenvalue weighted by Crippen LogP contribution is -2.43. The van der Waals surface area contributed by atoms with Crippen LogP contribution in [0.2, 0.25) is 0 Å². The van der Waals surface area contributed by atoms with Crippen molar-refractivity contribution in [2.75, 3.05) is 0 Å². The molecule has 0 spiro atoms. The van der Waals surface area contributed by atoms with Crippen molar-refractivity contribution in [1.82, 2.24) is 0 Å². The summed E-state index contributed by atoms with van der Waals surface area (Å²) in [7, 11) is 0. The average molecular weight is 293 g/mol. The van der Waals surface area contributed by atoms with Crippen molar-refractivity contribution in [3.63, 3.8) is 0 Å². The zero-order valence-electron chi connectivity index (χ0n) is 14.3. The fourth-order valence-electron chi connectivity index (χ4n) is 6.45. The van der Waals surface area contributed by atoms with Gasteiger partial charge in [0.15, 0.2) is 0 Å². The van der Waals surface area contributed by atoms with E-state index in [1.807, 2.05) is 0 Å². The van der Waals surface area contributed by atoms with Crippen molar-refractivity contribution in [3.05, 3.63) is 0 Å². The zero-order valence-corrected chi connectivity index (χ0v) is 14.3. The van der Waals surface area contributed by atoms with Crippen LogP contribution in [0.3, 0.4) is 0 Å². The van der Waals surface area contributed by atoms with Gasteiger partial charge in [0.25, 0.3) is 0 Å². The normalized spacial score (nSPS) is 45.1. The Morgan fingerprint density at radius 3 is 1.57 bits per heavy atom. The van der Waals surface area contributed by atoms with Gasteiger partial charge in [-0.2, -0.15) is 0 Å². The van der Waals surface area contributed by atoms with Crippen LogP contribution in [0.15, 0.2) is 0 Å². The van der Waals surface area contributed by atoms with E-state index in [4.69, 9.17) is 5.11 Å². The third kappa shape index (κ3) is 3.49. The smallest absolute Gasteiger partial charge is 0.0483 e. The maximum absolute atomic E-state index is 8.06. The van der Waals surface area contributed by atoms with Crippen LogP contribution in [0.5, 0.6) is 0 Å². The van der Waals surface area contributed by atoms with Crippen molar-refractivity contribution in [1.29, 1.82) is 0 Å². The maximum Gasteiger partial charge on any atom is 0.0483 e. The molecule has 6 atom stereocenters. The highest BCUT2D eigenvalue weighted by atomic mass is 16.3. The van der Waals surface area contributed by atoms with E-state index in [-0.39, 0.29) is 6.10 Å². The summed E-state index contributed by atoms with van der Waals surface area (Å²) < 4.78 is 0. The first-order valence-electron chi connectivity index (χ1n) is 9.85. The molecule has 0 aromatic rings. The number of hydrogen-bond donors (Lipinski definition) is 1. The third-order valence-electron chi connectivity index (χ3n) is 7.08. The summed E-state index contributed by atoms with van der Waals surface area (Å²) in [5.41, 5.74) is 0. The molecule has 0 heterocycles. The van der Waals surface area contributed by atoms with Crippen molar-refractivity contribution >= 4 is 0 Å². The van der Waals surface area contributed by atoms with E-state index in [0.29, 0.717) is 0 Å². The van der Waals surface area contributed by atoms with Gasteiger partial charge in [-0.3, -0.25) is 0 Å². The molecule has 0 bridgehead atoms. The largest absolute Gasteiger partial charge is 0.394 e. The first-order valence-corrected chi connectivity index (χ1v) is 9.85. The molecular weight excluding hydrogens is 256 g/mol. The van der Waals surface area contributed by atoms with Gasteiger partial charge in [-0.1, -0.05) is 32.1 Å². The van der Waals surface area contributed by atoms with Crippen molar-refractivity contribution < 1.29 is 5.11 Å². The van der Waals surface area contributed by atoms with Crippen LogP contribution in [-0.2, 0) is 0 Å². The van der Waals surface area contributed by atoms with Gasteiger partial charge in [0.2, 0.25) is 0 Å². The van der Waals surface area contributed by atoms with E-state index in [9.17, 15) is 0 Å². The van der Waals surface area contributed by atoms with Gasteiger partial charge in [0.05, 0.1) is 0 Å². The number of hydrogen-bond acceptors (Lipinski definition) is 1. The van der Waals surface area contributed by atoms with Crippen LogP contribution < -0.4 is 0 Å². The maximum atomic E-state index is 8.06. The Bertz CT molecular complexity index is 321. The van der Waals surface area contributed by atoms with Crippen LogP contribution in [0.1, 0.15) is 84.5 Å². The molecule has 4 rings (SSSR count). The summed E-state index contributed by atoms with van der Waals surface area (Å²) in [5.74, 6) is 7.02. The molecule has 4 aliphatic carbocycles. The Kier molecular flexibility index (Phi) is 5.30. The fraction of sp³-hybridized carbons (Fsp3) is 1.00. The molecule has 1 nitrogen and oxygen atoms in total. The molecule has 0 aromatic heterocycles. The summed E-state index contributed by atoms with van der Waals surface area (Å²) in [6.07, 6.45) is 17.3. The minimum absolute atomic E-state index is 0.167. The SMILES string of the molecule is C1CCC2C(C1)CCC1C2CCC2CCC[C@H]21.CC(C)O. The van der Waals surface area contributed by atoms with Crippen LogP contribution >= 0.6 is 0 Å². The zero-order chi connectivity index (χ0) is 14.8. The molecule has 4 aliphatic rings. The number of aliphatic hydroxyl groups excluding tert-OH is 1. The Balaban J connectivity index is 0.000000298. The summed E-state index contributed by atoms with van der Waals surface area (Å²) >= 11 is 0. The highest BCUT2D eigenvalue weighted by Crippen LogP contribution is 2.57. The summed E-state index contributed by atoms with van der Waals surface area (Å²) in [6.45, 7) is 3.44. The molecule has 0 radical (unpaired) electrons. The summed E-state index contributed by atoms with van der Waals surface area (Å²) in [5, 5.41) is 8.06. The standard InChI is InChI=1S/C17H28.C3H8O/c1-2-6-14-12(4-1)8-10-17-15-7-3-5-13(15)9-11-16(14)17;1-3(2)4/h12-17H,1-11H2;3-4H,1-2H3/t12?,13?,14?,15-,16?,17?;/m1./s1. The van der Waals surface area contributed by atoms with Crippen LogP contribution in [0.25, 0.3) is 0 Å². The highest BCUT2D eigenvalue weighted by Gasteiger charge is 2.48. The Labute approximate surface area is 131 Å². The van der Waals surface area contributed by atoms with E-state index >= 15 is 0 Å². The molecule has 0 aliphatic heterocycles. The van der Waals surface area contributed by atoms with E-state index in [2.05, 4.69) is 0 Å². The topological polar surface area (TPSA) is 20.2 Å². The molecule has 1 heteroatoms. The predicted octanol–water partition coefficient (Wildman–Crippen LogP) is 5.42.